The fourth-order valence-electron chi connectivity index (χ4n) is 4.55. The molecule has 0 aliphatic heterocycles. The molecular weight excluding hydrogens is 304 g/mol. The van der Waals surface area contributed by atoms with Crippen LogP contribution in [-0.4, -0.2) is 28.4 Å². The van der Waals surface area contributed by atoms with Crippen LogP contribution < -0.4 is 0 Å². The van der Waals surface area contributed by atoms with E-state index in [0.717, 1.165) is 31.2 Å². The first-order chi connectivity index (χ1) is 11.5. The number of hydrogen-bond donors (Lipinski definition) is 2. The van der Waals surface area contributed by atoms with Crippen molar-refractivity contribution in [3.63, 3.8) is 0 Å². The Hall–Kier alpha value is -1.55. The van der Waals surface area contributed by atoms with Crippen LogP contribution in [0.15, 0.2) is 18.2 Å². The molecule has 1 aromatic rings. The summed E-state index contributed by atoms with van der Waals surface area (Å²) < 4.78 is 5.26. The Morgan fingerprint density at radius 3 is 2.83 bits per heavy atom. The first-order valence-corrected chi connectivity index (χ1v) is 9.14. The molecule has 5 atom stereocenters. The van der Waals surface area contributed by atoms with Gasteiger partial charge in [-0.05, 0) is 87.3 Å². The minimum absolute atomic E-state index is 0.147. The molecule has 24 heavy (non-hydrogen) atoms. The maximum atomic E-state index is 11.5. The highest BCUT2D eigenvalue weighted by atomic mass is 16.6. The second-order valence-electron chi connectivity index (χ2n) is 7.59. The first-order valence-electron chi connectivity index (χ1n) is 9.14. The van der Waals surface area contributed by atoms with Gasteiger partial charge < -0.3 is 14.9 Å². The third-order valence-corrected chi connectivity index (χ3v) is 5.89. The Morgan fingerprint density at radius 1 is 1.29 bits per heavy atom. The van der Waals surface area contributed by atoms with Gasteiger partial charge in [0.1, 0.15) is 11.9 Å². The van der Waals surface area contributed by atoms with Gasteiger partial charge in [0.15, 0.2) is 0 Å². The molecule has 0 bridgehead atoms. The van der Waals surface area contributed by atoms with Crippen LogP contribution in [0.4, 0.5) is 0 Å². The van der Waals surface area contributed by atoms with Gasteiger partial charge in [0.05, 0.1) is 6.10 Å². The van der Waals surface area contributed by atoms with E-state index in [0.29, 0.717) is 23.5 Å². The molecular formula is C20H28O4. The topological polar surface area (TPSA) is 66.8 Å². The van der Waals surface area contributed by atoms with Gasteiger partial charge in [-0.2, -0.15) is 0 Å². The van der Waals surface area contributed by atoms with Gasteiger partial charge in [-0.1, -0.05) is 12.1 Å². The monoisotopic (exact) mass is 332 g/mol. The van der Waals surface area contributed by atoms with E-state index >= 15 is 0 Å². The zero-order valence-electron chi connectivity index (χ0n) is 14.6. The second-order valence-corrected chi connectivity index (χ2v) is 7.59. The normalized spacial score (nSPS) is 27.9. The number of phenols is 1. The van der Waals surface area contributed by atoms with Crippen LogP contribution in [0.2, 0.25) is 0 Å². The Morgan fingerprint density at radius 2 is 2.08 bits per heavy atom. The van der Waals surface area contributed by atoms with Gasteiger partial charge in [0, 0.05) is 0 Å². The number of aromatic hydroxyl groups is 1. The van der Waals surface area contributed by atoms with Crippen LogP contribution in [0.1, 0.15) is 50.7 Å². The van der Waals surface area contributed by atoms with Crippen molar-refractivity contribution in [1.29, 1.82) is 0 Å². The second kappa shape index (κ2) is 7.14. The summed E-state index contributed by atoms with van der Waals surface area (Å²) in [5, 5.41) is 19.3. The Balaban J connectivity index is 1.57. The number of fused-ring (bicyclic) bond motifs is 2. The Labute approximate surface area is 143 Å². The number of rotatable bonds is 5. The summed E-state index contributed by atoms with van der Waals surface area (Å²) in [6.45, 7) is 3.34. The van der Waals surface area contributed by atoms with E-state index in [2.05, 4.69) is 6.07 Å². The Kier molecular flexibility index (Phi) is 5.14. The van der Waals surface area contributed by atoms with Crippen LogP contribution in [-0.2, 0) is 22.4 Å². The van der Waals surface area contributed by atoms with E-state index in [1.807, 2.05) is 13.0 Å². The number of phenolic OH excluding ortho intramolecular Hbond substituents is 1. The molecule has 3 rings (SSSR count). The van der Waals surface area contributed by atoms with Gasteiger partial charge >= 0.3 is 5.97 Å². The van der Waals surface area contributed by atoms with Crippen molar-refractivity contribution >= 4 is 5.97 Å². The van der Waals surface area contributed by atoms with E-state index in [9.17, 15) is 15.0 Å². The molecule has 0 saturated heterocycles. The van der Waals surface area contributed by atoms with Gasteiger partial charge in [-0.25, -0.2) is 4.79 Å². The number of carbonyl (C=O) groups excluding carboxylic acids is 1. The number of carbonyl (C=O) groups is 1. The van der Waals surface area contributed by atoms with E-state index in [4.69, 9.17) is 4.74 Å². The minimum Gasteiger partial charge on any atom is -0.508 e. The first kappa shape index (κ1) is 17.3. The molecule has 0 amide bonds. The van der Waals surface area contributed by atoms with Crippen LogP contribution in [0.25, 0.3) is 0 Å². The summed E-state index contributed by atoms with van der Waals surface area (Å²) in [6, 6.07) is 5.88. The number of benzene rings is 1. The van der Waals surface area contributed by atoms with Gasteiger partial charge in [-0.3, -0.25) is 0 Å². The standard InChI is InChI=1S/C20H28O4/c1-12(24-20(23)13(2)21)6-7-14-8-9-16-11-18-15(10-17(14)16)4-3-5-19(18)22/h3-5,12-14,16-17,21-22H,6-11H2,1-2H3/t12?,13-,14-,16+,17+/m0/s1. The van der Waals surface area contributed by atoms with Gasteiger partial charge in [0.25, 0.3) is 0 Å². The lowest BCUT2D eigenvalue weighted by atomic mass is 9.73. The molecule has 1 saturated carbocycles. The summed E-state index contributed by atoms with van der Waals surface area (Å²) in [7, 11) is 0. The van der Waals surface area contributed by atoms with E-state index in [1.54, 1.807) is 6.07 Å². The third kappa shape index (κ3) is 3.59. The number of ether oxygens (including phenoxy) is 1. The molecule has 4 nitrogen and oxygen atoms in total. The molecule has 0 heterocycles. The fraction of sp³-hybridized carbons (Fsp3) is 0.650. The van der Waals surface area contributed by atoms with Crippen LogP contribution in [0.5, 0.6) is 5.75 Å². The molecule has 1 unspecified atom stereocenters. The average Bonchev–Trinajstić information content (AvgIpc) is 2.93. The number of esters is 1. The summed E-state index contributed by atoms with van der Waals surface area (Å²) in [6.07, 6.45) is 5.21. The number of aliphatic hydroxyl groups excluding tert-OH is 1. The summed E-state index contributed by atoms with van der Waals surface area (Å²) >= 11 is 0. The highest BCUT2D eigenvalue weighted by Gasteiger charge is 2.39. The van der Waals surface area contributed by atoms with Crippen molar-refractivity contribution in [2.45, 2.75) is 64.6 Å². The molecule has 2 aliphatic carbocycles. The van der Waals surface area contributed by atoms with Crippen molar-refractivity contribution in [1.82, 2.24) is 0 Å². The van der Waals surface area contributed by atoms with E-state index in [1.165, 1.54) is 25.3 Å². The maximum Gasteiger partial charge on any atom is 0.334 e. The van der Waals surface area contributed by atoms with Crippen LogP contribution in [0, 0.1) is 17.8 Å². The van der Waals surface area contributed by atoms with E-state index in [-0.39, 0.29) is 6.10 Å². The van der Waals surface area contributed by atoms with Crippen molar-refractivity contribution in [2.24, 2.45) is 17.8 Å². The smallest absolute Gasteiger partial charge is 0.334 e. The highest BCUT2D eigenvalue weighted by molar-refractivity contribution is 5.73. The van der Waals surface area contributed by atoms with Crippen LogP contribution >= 0.6 is 0 Å². The molecule has 0 spiro atoms. The number of aliphatic hydroxyl groups is 1. The lowest BCUT2D eigenvalue weighted by Gasteiger charge is -2.32. The van der Waals surface area contributed by atoms with Gasteiger partial charge in [-0.15, -0.1) is 0 Å². The highest BCUT2D eigenvalue weighted by Crippen LogP contribution is 2.48. The van der Waals surface area contributed by atoms with Crippen molar-refractivity contribution in [3.05, 3.63) is 29.3 Å². The summed E-state index contributed by atoms with van der Waals surface area (Å²) in [4.78, 5) is 11.5. The predicted molar refractivity (Wildman–Crippen MR) is 91.7 cm³/mol. The molecule has 2 N–H and O–H groups in total. The zero-order chi connectivity index (χ0) is 17.3. The minimum atomic E-state index is -1.05. The Bertz CT molecular complexity index is 595. The van der Waals surface area contributed by atoms with Gasteiger partial charge in [0.2, 0.25) is 0 Å². The SMILES string of the molecule is CC(CC[C@H]1CC[C@@H]2Cc3c(O)cccc3C[C@H]12)OC(=O)[C@H](C)O. The van der Waals surface area contributed by atoms with Crippen molar-refractivity contribution < 1.29 is 19.7 Å². The molecule has 0 aromatic heterocycles. The average molecular weight is 332 g/mol. The molecule has 2 aliphatic rings. The lowest BCUT2D eigenvalue weighted by Crippen LogP contribution is -2.27. The lowest BCUT2D eigenvalue weighted by molar-refractivity contribution is -0.157. The molecule has 1 fully saturated rings. The molecule has 0 radical (unpaired) electrons. The van der Waals surface area contributed by atoms with Crippen molar-refractivity contribution in [2.75, 3.05) is 0 Å². The van der Waals surface area contributed by atoms with E-state index < -0.39 is 12.1 Å². The molecule has 1 aromatic carbocycles. The molecule has 132 valence electrons. The maximum absolute atomic E-state index is 11.5. The third-order valence-electron chi connectivity index (χ3n) is 5.89. The quantitative estimate of drug-likeness (QED) is 0.813. The van der Waals surface area contributed by atoms with Crippen LogP contribution in [0.3, 0.4) is 0 Å². The predicted octanol–water partition coefficient (Wildman–Crippen LogP) is 3.23. The summed E-state index contributed by atoms with van der Waals surface area (Å²) in [5.41, 5.74) is 2.45. The van der Waals surface area contributed by atoms with Crippen molar-refractivity contribution in [3.8, 4) is 5.75 Å². The summed E-state index contributed by atoms with van der Waals surface area (Å²) in [5.74, 6) is 1.94. The fourth-order valence-corrected chi connectivity index (χ4v) is 4.55. The zero-order valence-corrected chi connectivity index (χ0v) is 14.6. The largest absolute Gasteiger partial charge is 0.508 e. The number of hydrogen-bond acceptors (Lipinski definition) is 4. The molecule has 4 heteroatoms.